The summed E-state index contributed by atoms with van der Waals surface area (Å²) in [6, 6.07) is 7.47. The Kier molecular flexibility index (Phi) is 2.09. The van der Waals surface area contributed by atoms with Crippen molar-refractivity contribution in [3.05, 3.63) is 45.3 Å². The Morgan fingerprint density at radius 1 is 1.41 bits per heavy atom. The van der Waals surface area contributed by atoms with Gasteiger partial charge in [-0.3, -0.25) is 9.89 Å². The zero-order valence-electron chi connectivity index (χ0n) is 8.90. The number of hydrogen-bond donors (Lipinski definition) is 1. The maximum absolute atomic E-state index is 11.8. The summed E-state index contributed by atoms with van der Waals surface area (Å²) >= 11 is 5.81. The van der Waals surface area contributed by atoms with Crippen molar-refractivity contribution in [1.29, 1.82) is 0 Å². The van der Waals surface area contributed by atoms with E-state index in [9.17, 15) is 4.79 Å². The van der Waals surface area contributed by atoms with E-state index in [1.54, 1.807) is 13.0 Å². The largest absolute Gasteiger partial charge is 0.422 e. The molecule has 0 aliphatic heterocycles. The van der Waals surface area contributed by atoms with Crippen LogP contribution in [0.5, 0.6) is 0 Å². The lowest BCUT2D eigenvalue weighted by atomic mass is 10.3. The van der Waals surface area contributed by atoms with E-state index in [0.29, 0.717) is 16.8 Å². The van der Waals surface area contributed by atoms with Crippen LogP contribution in [-0.2, 0) is 0 Å². The van der Waals surface area contributed by atoms with Crippen molar-refractivity contribution in [2.75, 3.05) is 0 Å². The molecule has 3 aromatic rings. The lowest BCUT2D eigenvalue weighted by molar-refractivity contribution is 0.536. The van der Waals surface area contributed by atoms with E-state index in [4.69, 9.17) is 16.0 Å². The van der Waals surface area contributed by atoms with E-state index < -0.39 is 0 Å². The molecule has 0 saturated heterocycles. The molecule has 0 aliphatic rings. The average Bonchev–Trinajstić information content (AvgIpc) is 2.86. The van der Waals surface area contributed by atoms with Crippen LogP contribution in [0.2, 0.25) is 5.02 Å². The summed E-state index contributed by atoms with van der Waals surface area (Å²) in [4.78, 5) is 16.0. The number of hydrogen-bond acceptors (Lipinski definition) is 3. The number of benzene rings is 1. The first-order valence-electron chi connectivity index (χ1n) is 5.00. The SMILES string of the molecule is Cc1[nH]n(-c2nc3ccccc3o2)c(=O)c1Cl. The molecular formula is C11H8ClN3O2. The topological polar surface area (TPSA) is 63.8 Å². The number of aromatic nitrogens is 3. The lowest BCUT2D eigenvalue weighted by Gasteiger charge is -1.91. The van der Waals surface area contributed by atoms with Crippen LogP contribution in [0.1, 0.15) is 5.69 Å². The fourth-order valence-corrected chi connectivity index (χ4v) is 1.74. The number of rotatable bonds is 1. The summed E-state index contributed by atoms with van der Waals surface area (Å²) in [7, 11) is 0. The van der Waals surface area contributed by atoms with Crippen molar-refractivity contribution in [2.24, 2.45) is 0 Å². The van der Waals surface area contributed by atoms with Crippen LogP contribution in [0.4, 0.5) is 0 Å². The second-order valence-corrected chi connectivity index (χ2v) is 4.03. The number of halogens is 1. The molecule has 0 spiro atoms. The van der Waals surface area contributed by atoms with Gasteiger partial charge in [-0.1, -0.05) is 23.7 Å². The first-order chi connectivity index (χ1) is 8.16. The summed E-state index contributed by atoms with van der Waals surface area (Å²) in [5.74, 6) is 0. The van der Waals surface area contributed by atoms with E-state index in [-0.39, 0.29) is 16.6 Å². The highest BCUT2D eigenvalue weighted by Gasteiger charge is 2.14. The van der Waals surface area contributed by atoms with Crippen molar-refractivity contribution in [2.45, 2.75) is 6.92 Å². The molecule has 0 aliphatic carbocycles. The van der Waals surface area contributed by atoms with Gasteiger partial charge >= 0.3 is 6.01 Å². The number of aromatic amines is 1. The third kappa shape index (κ3) is 1.47. The van der Waals surface area contributed by atoms with E-state index >= 15 is 0 Å². The number of fused-ring (bicyclic) bond motifs is 1. The van der Waals surface area contributed by atoms with Gasteiger partial charge in [-0.2, -0.15) is 9.67 Å². The minimum Gasteiger partial charge on any atom is -0.422 e. The fourth-order valence-electron chi connectivity index (χ4n) is 1.62. The molecular weight excluding hydrogens is 242 g/mol. The molecule has 6 heteroatoms. The van der Waals surface area contributed by atoms with E-state index in [1.807, 2.05) is 18.2 Å². The summed E-state index contributed by atoms with van der Waals surface area (Å²) in [5, 5.41) is 2.95. The van der Waals surface area contributed by atoms with Crippen LogP contribution >= 0.6 is 11.6 Å². The van der Waals surface area contributed by atoms with Gasteiger partial charge in [0.15, 0.2) is 5.58 Å². The zero-order chi connectivity index (χ0) is 12.0. The maximum Gasteiger partial charge on any atom is 0.325 e. The second kappa shape index (κ2) is 3.49. The molecule has 0 bridgehead atoms. The Morgan fingerprint density at radius 2 is 2.18 bits per heavy atom. The van der Waals surface area contributed by atoms with Gasteiger partial charge < -0.3 is 4.42 Å². The zero-order valence-corrected chi connectivity index (χ0v) is 9.65. The van der Waals surface area contributed by atoms with Crippen LogP contribution in [0.25, 0.3) is 17.1 Å². The lowest BCUT2D eigenvalue weighted by Crippen LogP contribution is -2.14. The first kappa shape index (κ1) is 10.2. The fraction of sp³-hybridized carbons (Fsp3) is 0.0909. The predicted octanol–water partition coefficient (Wildman–Crippen LogP) is 2.27. The van der Waals surface area contributed by atoms with Crippen molar-refractivity contribution in [3.8, 4) is 6.01 Å². The Hall–Kier alpha value is -2.01. The van der Waals surface area contributed by atoms with E-state index in [0.717, 1.165) is 0 Å². The molecule has 2 aromatic heterocycles. The molecule has 0 saturated carbocycles. The second-order valence-electron chi connectivity index (χ2n) is 3.66. The molecule has 3 rings (SSSR count). The number of H-pyrrole nitrogens is 1. The Bertz CT molecular complexity index is 721. The quantitative estimate of drug-likeness (QED) is 0.720. The molecule has 0 radical (unpaired) electrons. The van der Waals surface area contributed by atoms with Crippen LogP contribution in [0, 0.1) is 6.92 Å². The van der Waals surface area contributed by atoms with Gasteiger partial charge in [-0.25, -0.2) is 0 Å². The van der Waals surface area contributed by atoms with Crippen LogP contribution in [0.15, 0.2) is 33.5 Å². The molecule has 0 fully saturated rings. The van der Waals surface area contributed by atoms with Gasteiger partial charge in [0.2, 0.25) is 0 Å². The molecule has 86 valence electrons. The number of para-hydroxylation sites is 2. The number of nitrogens with one attached hydrogen (secondary N) is 1. The van der Waals surface area contributed by atoms with Crippen LogP contribution < -0.4 is 5.56 Å². The van der Waals surface area contributed by atoms with Gasteiger partial charge in [0.25, 0.3) is 5.56 Å². The molecule has 0 atom stereocenters. The van der Waals surface area contributed by atoms with Gasteiger partial charge in [0.1, 0.15) is 10.5 Å². The molecule has 1 N–H and O–H groups in total. The molecule has 0 amide bonds. The van der Waals surface area contributed by atoms with Crippen molar-refractivity contribution < 1.29 is 4.42 Å². The predicted molar refractivity (Wildman–Crippen MR) is 63.7 cm³/mol. The maximum atomic E-state index is 11.8. The summed E-state index contributed by atoms with van der Waals surface area (Å²) < 4.78 is 6.66. The van der Waals surface area contributed by atoms with Gasteiger partial charge in [-0.15, -0.1) is 0 Å². The van der Waals surface area contributed by atoms with Crippen molar-refractivity contribution in [1.82, 2.24) is 14.8 Å². The van der Waals surface area contributed by atoms with Crippen molar-refractivity contribution in [3.63, 3.8) is 0 Å². The van der Waals surface area contributed by atoms with Gasteiger partial charge in [0.05, 0.1) is 5.69 Å². The third-order valence-electron chi connectivity index (χ3n) is 2.47. The number of nitrogens with zero attached hydrogens (tertiary/aromatic N) is 2. The summed E-state index contributed by atoms with van der Waals surface area (Å²) in [6.07, 6.45) is 0. The standard InChI is InChI=1S/C11H8ClN3O2/c1-6-9(12)10(16)15(14-6)11-13-7-4-2-3-5-8(7)17-11/h2-5,14H,1H3. The van der Waals surface area contributed by atoms with E-state index in [1.165, 1.54) is 4.68 Å². The minimum absolute atomic E-state index is 0.146. The first-order valence-corrected chi connectivity index (χ1v) is 5.37. The Labute approximate surface area is 101 Å². The highest BCUT2D eigenvalue weighted by Crippen LogP contribution is 2.17. The monoisotopic (exact) mass is 249 g/mol. The summed E-state index contributed by atoms with van der Waals surface area (Å²) in [5.41, 5.74) is 1.53. The van der Waals surface area contributed by atoms with Crippen LogP contribution in [0.3, 0.4) is 0 Å². The number of aryl methyl sites for hydroxylation is 1. The molecule has 2 heterocycles. The van der Waals surface area contributed by atoms with Crippen molar-refractivity contribution >= 4 is 22.7 Å². The van der Waals surface area contributed by atoms with Gasteiger partial charge in [0, 0.05) is 0 Å². The molecule has 17 heavy (non-hydrogen) atoms. The molecule has 0 unspecified atom stereocenters. The minimum atomic E-state index is -0.365. The van der Waals surface area contributed by atoms with Crippen LogP contribution in [-0.4, -0.2) is 14.8 Å². The highest BCUT2D eigenvalue weighted by atomic mass is 35.5. The average molecular weight is 250 g/mol. The molecule has 1 aromatic carbocycles. The normalized spacial score (nSPS) is 11.2. The third-order valence-corrected chi connectivity index (χ3v) is 2.92. The Balaban J connectivity index is 2.27. The van der Waals surface area contributed by atoms with Gasteiger partial charge in [-0.05, 0) is 19.1 Å². The summed E-state index contributed by atoms with van der Waals surface area (Å²) in [6.45, 7) is 1.71. The highest BCUT2D eigenvalue weighted by molar-refractivity contribution is 6.31. The smallest absolute Gasteiger partial charge is 0.325 e. The number of oxazole rings is 1. The molecule has 5 nitrogen and oxygen atoms in total. The Morgan fingerprint density at radius 3 is 2.82 bits per heavy atom. The van der Waals surface area contributed by atoms with E-state index in [2.05, 4.69) is 10.1 Å².